The monoisotopic (exact) mass is 353 g/mol. The lowest BCUT2D eigenvalue weighted by molar-refractivity contribution is -0.137. The van der Waals surface area contributed by atoms with Crippen molar-refractivity contribution in [2.75, 3.05) is 0 Å². The normalized spacial score (nSPS) is 12.1. The summed E-state index contributed by atoms with van der Waals surface area (Å²) in [5.74, 6) is -0.189. The Labute approximate surface area is 142 Å². The van der Waals surface area contributed by atoms with Crippen LogP contribution in [0.2, 0.25) is 0 Å². The molecule has 1 heterocycles. The fourth-order valence-corrected chi connectivity index (χ4v) is 2.03. The average Bonchev–Trinajstić information content (AvgIpc) is 2.51. The number of aromatic nitrogens is 2. The molecule has 1 aromatic carbocycles. The first-order chi connectivity index (χ1) is 11.5. The van der Waals surface area contributed by atoms with Gasteiger partial charge in [-0.2, -0.15) is 13.2 Å². The van der Waals surface area contributed by atoms with Crippen LogP contribution in [0.15, 0.2) is 35.3 Å². The summed E-state index contributed by atoms with van der Waals surface area (Å²) < 4.78 is 37.5. The van der Waals surface area contributed by atoms with Gasteiger partial charge in [-0.1, -0.05) is 32.9 Å². The zero-order valence-electron chi connectivity index (χ0n) is 14.0. The molecule has 134 valence electrons. The predicted octanol–water partition coefficient (Wildman–Crippen LogP) is 3.02. The highest BCUT2D eigenvalue weighted by Crippen LogP contribution is 2.29. The van der Waals surface area contributed by atoms with E-state index in [-0.39, 0.29) is 17.5 Å². The molecule has 1 aromatic heterocycles. The summed E-state index contributed by atoms with van der Waals surface area (Å²) >= 11 is 0. The van der Waals surface area contributed by atoms with E-state index in [1.54, 1.807) is 0 Å². The number of alkyl halides is 3. The molecule has 0 unspecified atom stereocenters. The molecule has 0 aliphatic carbocycles. The van der Waals surface area contributed by atoms with Gasteiger partial charge in [0.1, 0.15) is 11.4 Å². The van der Waals surface area contributed by atoms with Gasteiger partial charge in [0.15, 0.2) is 0 Å². The van der Waals surface area contributed by atoms with Crippen molar-refractivity contribution >= 4 is 5.91 Å². The molecule has 8 heteroatoms. The number of carbonyl (C=O) groups excluding carboxylic acids is 1. The lowest BCUT2D eigenvalue weighted by Gasteiger charge is -2.16. The van der Waals surface area contributed by atoms with E-state index < -0.39 is 23.2 Å². The Kier molecular flexibility index (Phi) is 5.01. The Bertz CT molecular complexity index is 819. The number of carbonyl (C=O) groups is 1. The Morgan fingerprint density at radius 3 is 2.24 bits per heavy atom. The smallest absolute Gasteiger partial charge is 0.348 e. The van der Waals surface area contributed by atoms with Crippen LogP contribution in [-0.2, 0) is 18.1 Å². The van der Waals surface area contributed by atoms with Gasteiger partial charge in [-0.25, -0.2) is 4.98 Å². The molecule has 0 aliphatic heterocycles. The summed E-state index contributed by atoms with van der Waals surface area (Å²) in [6, 6.07) is 4.42. The summed E-state index contributed by atoms with van der Waals surface area (Å²) in [5, 5.41) is 2.49. The second-order valence-corrected chi connectivity index (χ2v) is 6.60. The first kappa shape index (κ1) is 18.7. The van der Waals surface area contributed by atoms with Gasteiger partial charge >= 0.3 is 6.18 Å². The number of H-pyrrole nitrogens is 1. The Hall–Kier alpha value is -2.64. The van der Waals surface area contributed by atoms with Crippen LogP contribution in [-0.4, -0.2) is 15.9 Å². The van der Waals surface area contributed by atoms with Crippen molar-refractivity contribution in [1.29, 1.82) is 0 Å². The maximum atomic E-state index is 12.5. The van der Waals surface area contributed by atoms with Crippen LogP contribution in [0.1, 0.15) is 48.1 Å². The van der Waals surface area contributed by atoms with Crippen molar-refractivity contribution in [1.82, 2.24) is 15.3 Å². The minimum absolute atomic E-state index is 0.00255. The van der Waals surface area contributed by atoms with Crippen molar-refractivity contribution < 1.29 is 18.0 Å². The largest absolute Gasteiger partial charge is 0.416 e. The van der Waals surface area contributed by atoms with E-state index in [1.807, 2.05) is 20.8 Å². The minimum atomic E-state index is -4.41. The van der Waals surface area contributed by atoms with Crippen LogP contribution < -0.4 is 10.9 Å². The number of aromatic amines is 1. The van der Waals surface area contributed by atoms with Gasteiger partial charge < -0.3 is 10.3 Å². The third-order valence-electron chi connectivity index (χ3n) is 3.49. The molecule has 25 heavy (non-hydrogen) atoms. The van der Waals surface area contributed by atoms with E-state index in [1.165, 1.54) is 18.3 Å². The third kappa shape index (κ3) is 4.68. The number of benzene rings is 1. The van der Waals surface area contributed by atoms with E-state index in [0.717, 1.165) is 12.1 Å². The zero-order valence-corrected chi connectivity index (χ0v) is 14.0. The van der Waals surface area contributed by atoms with Crippen molar-refractivity contribution in [2.24, 2.45) is 0 Å². The van der Waals surface area contributed by atoms with Crippen molar-refractivity contribution in [3.05, 3.63) is 63.3 Å². The maximum absolute atomic E-state index is 12.5. The quantitative estimate of drug-likeness (QED) is 0.891. The number of rotatable bonds is 3. The lowest BCUT2D eigenvalue weighted by Crippen LogP contribution is -2.31. The Morgan fingerprint density at radius 2 is 1.76 bits per heavy atom. The molecule has 0 radical (unpaired) electrons. The summed E-state index contributed by atoms with van der Waals surface area (Å²) in [6.07, 6.45) is -3.21. The Balaban J connectivity index is 2.07. The van der Waals surface area contributed by atoms with Crippen LogP contribution in [0.4, 0.5) is 13.2 Å². The number of nitrogens with one attached hydrogen (secondary N) is 2. The zero-order chi connectivity index (χ0) is 18.8. The molecule has 0 bridgehead atoms. The average molecular weight is 353 g/mol. The van der Waals surface area contributed by atoms with Gasteiger partial charge in [0.25, 0.3) is 11.5 Å². The summed E-state index contributed by atoms with van der Waals surface area (Å²) in [4.78, 5) is 30.7. The summed E-state index contributed by atoms with van der Waals surface area (Å²) in [5.41, 5.74) is -1.36. The Morgan fingerprint density at radius 1 is 1.16 bits per heavy atom. The molecular weight excluding hydrogens is 335 g/mol. The molecule has 2 rings (SSSR count). The van der Waals surface area contributed by atoms with E-state index in [0.29, 0.717) is 11.4 Å². The highest BCUT2D eigenvalue weighted by atomic mass is 19.4. The molecule has 0 aliphatic rings. The van der Waals surface area contributed by atoms with Gasteiger partial charge in [-0.15, -0.1) is 0 Å². The highest BCUT2D eigenvalue weighted by molar-refractivity contribution is 5.93. The highest BCUT2D eigenvalue weighted by Gasteiger charge is 2.29. The standard InChI is InChI=1S/C17H18F3N3O2/c1-16(2,3)15-22-9-12(14(25)23-15)13(24)21-8-10-4-6-11(7-5-10)17(18,19)20/h4-7,9H,8H2,1-3H3,(H,21,24)(H,22,23,25). The molecule has 1 amide bonds. The van der Waals surface area contributed by atoms with E-state index in [2.05, 4.69) is 15.3 Å². The van der Waals surface area contributed by atoms with E-state index in [9.17, 15) is 22.8 Å². The number of hydrogen-bond donors (Lipinski definition) is 2. The van der Waals surface area contributed by atoms with Crippen LogP contribution in [0.5, 0.6) is 0 Å². The molecule has 2 N–H and O–H groups in total. The van der Waals surface area contributed by atoms with E-state index in [4.69, 9.17) is 0 Å². The van der Waals surface area contributed by atoms with Crippen LogP contribution in [0.25, 0.3) is 0 Å². The molecule has 5 nitrogen and oxygen atoms in total. The fraction of sp³-hybridized carbons (Fsp3) is 0.353. The van der Waals surface area contributed by atoms with Crippen LogP contribution >= 0.6 is 0 Å². The number of nitrogens with zero attached hydrogens (tertiary/aromatic N) is 1. The van der Waals surface area contributed by atoms with Crippen molar-refractivity contribution in [3.63, 3.8) is 0 Å². The summed E-state index contributed by atoms with van der Waals surface area (Å²) in [6.45, 7) is 5.61. The minimum Gasteiger partial charge on any atom is -0.348 e. The molecule has 0 atom stereocenters. The van der Waals surface area contributed by atoms with Gasteiger partial charge in [-0.05, 0) is 17.7 Å². The van der Waals surface area contributed by atoms with E-state index >= 15 is 0 Å². The molecule has 2 aromatic rings. The topological polar surface area (TPSA) is 74.8 Å². The van der Waals surface area contributed by atoms with Gasteiger partial charge in [-0.3, -0.25) is 9.59 Å². The molecule has 0 saturated heterocycles. The number of amides is 1. The predicted molar refractivity (Wildman–Crippen MR) is 86.2 cm³/mol. The summed E-state index contributed by atoms with van der Waals surface area (Å²) in [7, 11) is 0. The molecule has 0 spiro atoms. The van der Waals surface area contributed by atoms with Crippen LogP contribution in [0.3, 0.4) is 0 Å². The molecule has 0 fully saturated rings. The number of halogens is 3. The SMILES string of the molecule is CC(C)(C)c1ncc(C(=O)NCc2ccc(C(F)(F)F)cc2)c(=O)[nH]1. The first-order valence-corrected chi connectivity index (χ1v) is 7.52. The van der Waals surface area contributed by atoms with Crippen molar-refractivity contribution in [3.8, 4) is 0 Å². The number of hydrogen-bond acceptors (Lipinski definition) is 3. The van der Waals surface area contributed by atoms with Gasteiger partial charge in [0, 0.05) is 18.2 Å². The van der Waals surface area contributed by atoms with Gasteiger partial charge in [0.05, 0.1) is 5.56 Å². The van der Waals surface area contributed by atoms with Gasteiger partial charge in [0.2, 0.25) is 0 Å². The second kappa shape index (κ2) is 6.70. The van der Waals surface area contributed by atoms with Crippen LogP contribution in [0, 0.1) is 0 Å². The maximum Gasteiger partial charge on any atom is 0.416 e. The fourth-order valence-electron chi connectivity index (χ4n) is 2.03. The molecular formula is C17H18F3N3O2. The lowest BCUT2D eigenvalue weighted by atomic mass is 9.96. The third-order valence-corrected chi connectivity index (χ3v) is 3.49. The second-order valence-electron chi connectivity index (χ2n) is 6.60. The molecule has 0 saturated carbocycles. The van der Waals surface area contributed by atoms with Crippen molar-refractivity contribution in [2.45, 2.75) is 38.9 Å². The first-order valence-electron chi connectivity index (χ1n) is 7.52.